The number of nitriles is 1. The molecule has 0 aromatic carbocycles. The van der Waals surface area contributed by atoms with Crippen LogP contribution in [0, 0.1) is 11.3 Å². The van der Waals surface area contributed by atoms with Gasteiger partial charge in [-0.05, 0) is 39.5 Å². The number of halogens is 1. The van der Waals surface area contributed by atoms with Crippen LogP contribution >= 0.6 is 11.8 Å². The zero-order chi connectivity index (χ0) is 29.7. The van der Waals surface area contributed by atoms with Gasteiger partial charge in [-0.25, -0.2) is 19.7 Å². The number of urea groups is 1. The third-order valence-corrected chi connectivity index (χ3v) is 7.12. The molecular formula is C27H31ClN12O2. The van der Waals surface area contributed by atoms with E-state index in [1.54, 1.807) is 53.1 Å². The summed E-state index contributed by atoms with van der Waals surface area (Å²) in [6.07, 6.45) is 14.5. The first kappa shape index (κ1) is 28.9. The Morgan fingerprint density at radius 1 is 1.17 bits per heavy atom. The third-order valence-electron chi connectivity index (χ3n) is 6.93. The van der Waals surface area contributed by atoms with Crippen molar-refractivity contribution in [2.75, 3.05) is 16.9 Å². The number of methoxy groups -OCH3 is 1. The molecule has 0 saturated heterocycles. The van der Waals surface area contributed by atoms with Crippen LogP contribution < -0.4 is 25.2 Å². The molecule has 1 fully saturated rings. The van der Waals surface area contributed by atoms with Crippen molar-refractivity contribution in [2.24, 2.45) is 4.99 Å². The molecule has 14 nitrogen and oxygen atoms in total. The molecule has 1 aliphatic carbocycles. The number of nitrogens with one attached hydrogen (secondary N) is 2. The van der Waals surface area contributed by atoms with Gasteiger partial charge in [0, 0.05) is 60.5 Å². The molecule has 2 aliphatic rings. The fraction of sp³-hybridized carbons (Fsp3) is 0.407. The molecule has 2 N–H and O–H groups in total. The first-order valence-electron chi connectivity index (χ1n) is 13.5. The van der Waals surface area contributed by atoms with Crippen molar-refractivity contribution in [3.8, 4) is 23.3 Å². The van der Waals surface area contributed by atoms with Crippen LogP contribution in [0.2, 0.25) is 0 Å². The van der Waals surface area contributed by atoms with E-state index in [2.05, 4.69) is 46.7 Å². The van der Waals surface area contributed by atoms with Crippen molar-refractivity contribution < 1.29 is 9.53 Å². The Kier molecular flexibility index (Phi) is 8.60. The van der Waals surface area contributed by atoms with Gasteiger partial charge in [0.1, 0.15) is 11.7 Å². The average Bonchev–Trinajstić information content (AvgIpc) is 3.44. The van der Waals surface area contributed by atoms with E-state index in [9.17, 15) is 10.1 Å². The van der Waals surface area contributed by atoms with Gasteiger partial charge in [0.2, 0.25) is 0 Å². The molecule has 0 spiro atoms. The second-order valence-corrected chi connectivity index (χ2v) is 10.6. The molecule has 3 aromatic rings. The van der Waals surface area contributed by atoms with Gasteiger partial charge >= 0.3 is 12.0 Å². The predicted octanol–water partition coefficient (Wildman–Crippen LogP) is 3.60. The highest BCUT2D eigenvalue weighted by atomic mass is 35.5. The van der Waals surface area contributed by atoms with Crippen LogP contribution in [0.4, 0.5) is 16.4 Å². The summed E-state index contributed by atoms with van der Waals surface area (Å²) in [5, 5.41) is 20.5. The largest absolute Gasteiger partial charge is 0.467 e. The van der Waals surface area contributed by atoms with E-state index in [1.807, 2.05) is 13.8 Å². The third kappa shape index (κ3) is 6.17. The summed E-state index contributed by atoms with van der Waals surface area (Å²) in [6.45, 7) is 3.80. The lowest BCUT2D eigenvalue weighted by molar-refractivity contribution is 0.187. The van der Waals surface area contributed by atoms with Gasteiger partial charge < -0.3 is 10.1 Å². The monoisotopic (exact) mass is 590 g/mol. The molecule has 4 heterocycles. The maximum absolute atomic E-state index is 13.9. The van der Waals surface area contributed by atoms with Gasteiger partial charge in [-0.3, -0.25) is 25.1 Å². The first-order valence-corrected chi connectivity index (χ1v) is 13.9. The quantitative estimate of drug-likeness (QED) is 0.371. The van der Waals surface area contributed by atoms with Gasteiger partial charge in [0.25, 0.3) is 0 Å². The molecule has 1 aliphatic heterocycles. The van der Waals surface area contributed by atoms with E-state index in [4.69, 9.17) is 16.5 Å². The van der Waals surface area contributed by atoms with Crippen molar-refractivity contribution in [2.45, 2.75) is 63.9 Å². The number of rotatable bonds is 8. The predicted molar refractivity (Wildman–Crippen MR) is 157 cm³/mol. The molecule has 1 atom stereocenters. The zero-order valence-electron chi connectivity index (χ0n) is 23.5. The number of hydrogen-bond donors (Lipinski definition) is 2. The van der Waals surface area contributed by atoms with Crippen LogP contribution in [0.3, 0.4) is 0 Å². The number of hydrogen-bond acceptors (Lipinski definition) is 11. The molecule has 3 aromatic heterocycles. The summed E-state index contributed by atoms with van der Waals surface area (Å²) in [5.41, 5.74) is 0.668. The number of amides is 2. The minimum atomic E-state index is -0.890. The van der Waals surface area contributed by atoms with E-state index in [-0.39, 0.29) is 18.1 Å². The maximum atomic E-state index is 13.9. The molecule has 15 heteroatoms. The summed E-state index contributed by atoms with van der Waals surface area (Å²) in [4.78, 5) is 39.5. The Morgan fingerprint density at radius 2 is 1.93 bits per heavy atom. The maximum Gasteiger partial charge on any atom is 0.324 e. The van der Waals surface area contributed by atoms with Crippen LogP contribution in [0.15, 0.2) is 53.8 Å². The van der Waals surface area contributed by atoms with Crippen molar-refractivity contribution in [1.29, 1.82) is 5.26 Å². The SMILES string of the molecule is COc1ncc(-c2cnc(N(C(=O)NC(C)C)C3(NC4N=CC(C#N)=CN4c4ccn(Cl)n4)CCCCC3)cn2)cn1. The number of ether oxygens (including phenoxy) is 1. The van der Waals surface area contributed by atoms with Crippen molar-refractivity contribution in [3.05, 3.63) is 48.8 Å². The minimum absolute atomic E-state index is 0.123. The second kappa shape index (κ2) is 12.5. The lowest BCUT2D eigenvalue weighted by Crippen LogP contribution is -2.68. The van der Waals surface area contributed by atoms with Crippen molar-refractivity contribution in [3.63, 3.8) is 0 Å². The number of anilines is 2. The number of aromatic nitrogens is 6. The topological polar surface area (TPSA) is 162 Å². The van der Waals surface area contributed by atoms with E-state index < -0.39 is 12.0 Å². The molecule has 42 heavy (non-hydrogen) atoms. The number of nitrogens with zero attached hydrogens (tertiary/aromatic N) is 10. The molecule has 2 amide bonds. The highest BCUT2D eigenvalue weighted by Crippen LogP contribution is 2.36. The van der Waals surface area contributed by atoms with Gasteiger partial charge in [0.15, 0.2) is 17.9 Å². The lowest BCUT2D eigenvalue weighted by atomic mass is 9.87. The van der Waals surface area contributed by atoms with E-state index >= 15 is 0 Å². The van der Waals surface area contributed by atoms with Gasteiger partial charge in [-0.15, -0.1) is 5.10 Å². The summed E-state index contributed by atoms with van der Waals surface area (Å²) < 4.78 is 6.20. The average molecular weight is 591 g/mol. The fourth-order valence-corrected chi connectivity index (χ4v) is 5.17. The van der Waals surface area contributed by atoms with Crippen molar-refractivity contribution in [1.82, 2.24) is 39.9 Å². The number of carbonyl (C=O) groups is 1. The molecule has 1 unspecified atom stereocenters. The van der Waals surface area contributed by atoms with Gasteiger partial charge in [-0.1, -0.05) is 6.42 Å². The van der Waals surface area contributed by atoms with Gasteiger partial charge in [0.05, 0.1) is 30.8 Å². The number of aliphatic imine (C=N–C) groups is 1. The first-order chi connectivity index (χ1) is 20.3. The number of allylic oxidation sites excluding steroid dienone is 1. The Balaban J connectivity index is 1.53. The van der Waals surface area contributed by atoms with Crippen molar-refractivity contribution >= 4 is 35.7 Å². The van der Waals surface area contributed by atoms with E-state index in [0.717, 1.165) is 23.5 Å². The Bertz CT molecular complexity index is 1490. The molecule has 0 bridgehead atoms. The summed E-state index contributed by atoms with van der Waals surface area (Å²) in [7, 11) is 1.50. The van der Waals surface area contributed by atoms with E-state index in [0.29, 0.717) is 41.3 Å². The van der Waals surface area contributed by atoms with E-state index in [1.165, 1.54) is 13.3 Å². The lowest BCUT2D eigenvalue weighted by Gasteiger charge is -2.48. The summed E-state index contributed by atoms with van der Waals surface area (Å²) >= 11 is 6.05. The molecular weight excluding hydrogens is 560 g/mol. The van der Waals surface area contributed by atoms with Crippen LogP contribution in [0.1, 0.15) is 46.0 Å². The molecule has 5 rings (SSSR count). The smallest absolute Gasteiger partial charge is 0.324 e. The van der Waals surface area contributed by atoms with Crippen LogP contribution in [-0.4, -0.2) is 66.6 Å². The number of carbonyl (C=O) groups excluding carboxylic acids is 1. The Hall–Kier alpha value is -4.61. The summed E-state index contributed by atoms with van der Waals surface area (Å²) in [6, 6.07) is 3.65. The van der Waals surface area contributed by atoms with Gasteiger partial charge in [-0.2, -0.15) is 9.46 Å². The van der Waals surface area contributed by atoms with Crippen LogP contribution in [0.5, 0.6) is 6.01 Å². The highest BCUT2D eigenvalue weighted by Gasteiger charge is 2.45. The fourth-order valence-electron chi connectivity index (χ4n) is 5.04. The minimum Gasteiger partial charge on any atom is -0.467 e. The normalized spacial score (nSPS) is 17.9. The standard InChI is InChI=1S/C27H31ClN12O2/c1-18(2)35-26(41)40(23-16-30-21(15-31-23)20-13-33-25(42-3)34-14-20)27(8-5-4-6-9-27)36-24-32-12-19(11-29)17-38(24)22-7-10-39(28)37-22/h7,10,12-18,24,36H,4-6,8-9H2,1-3H3,(H,35,41). The second-order valence-electron chi connectivity index (χ2n) is 10.2. The zero-order valence-corrected chi connectivity index (χ0v) is 24.2. The highest BCUT2D eigenvalue weighted by molar-refractivity contribution is 6.14. The molecule has 218 valence electrons. The van der Waals surface area contributed by atoms with Crippen LogP contribution in [-0.2, 0) is 0 Å². The Morgan fingerprint density at radius 3 is 2.52 bits per heavy atom. The van der Waals surface area contributed by atoms with Crippen LogP contribution in [0.25, 0.3) is 11.3 Å². The molecule has 1 saturated carbocycles. The molecule has 0 radical (unpaired) electrons. The summed E-state index contributed by atoms with van der Waals surface area (Å²) in [5.74, 6) is 0.854. The Labute approximate surface area is 248 Å².